The number of ether oxygens (including phenoxy) is 1. The fourth-order valence-electron chi connectivity index (χ4n) is 3.88. The predicted octanol–water partition coefficient (Wildman–Crippen LogP) is 7.27. The van der Waals surface area contributed by atoms with Crippen LogP contribution in [0.5, 0.6) is 11.5 Å². The number of ketones is 1. The number of aromatic hydroxyl groups is 1. The quantitative estimate of drug-likeness (QED) is 0.301. The Hall–Kier alpha value is -2.62. The minimum absolute atomic E-state index is 0.0174. The second kappa shape index (κ2) is 8.96. The van der Waals surface area contributed by atoms with Crippen LogP contribution >= 0.6 is 0 Å². The van der Waals surface area contributed by atoms with Crippen LogP contribution in [-0.4, -0.2) is 16.9 Å². The summed E-state index contributed by atoms with van der Waals surface area (Å²) in [6.07, 6.45) is 0.628. The van der Waals surface area contributed by atoms with Crippen molar-refractivity contribution in [1.29, 1.82) is 0 Å². The minimum atomic E-state index is -0.471. The summed E-state index contributed by atoms with van der Waals surface area (Å²) in [7, 11) is 0. The molecule has 0 unspecified atom stereocenters. The second-order valence-electron chi connectivity index (χ2n) is 12.0. The third-order valence-corrected chi connectivity index (χ3v) is 5.92. The molecule has 0 saturated heterocycles. The number of carbonyl (C=O) groups is 2. The molecule has 33 heavy (non-hydrogen) atoms. The van der Waals surface area contributed by atoms with Gasteiger partial charge in [0.2, 0.25) is 0 Å². The summed E-state index contributed by atoms with van der Waals surface area (Å²) in [5.41, 5.74) is 3.06. The topological polar surface area (TPSA) is 63.6 Å². The third kappa shape index (κ3) is 5.85. The summed E-state index contributed by atoms with van der Waals surface area (Å²) >= 11 is 0. The highest BCUT2D eigenvalue weighted by Gasteiger charge is 2.30. The number of hydrogen-bond acceptors (Lipinski definition) is 4. The van der Waals surface area contributed by atoms with Crippen molar-refractivity contribution >= 4 is 11.8 Å². The van der Waals surface area contributed by atoms with E-state index in [4.69, 9.17) is 4.74 Å². The molecule has 2 aromatic carbocycles. The van der Waals surface area contributed by atoms with Gasteiger partial charge < -0.3 is 9.84 Å². The Labute approximate surface area is 199 Å². The zero-order valence-electron chi connectivity index (χ0n) is 22.2. The van der Waals surface area contributed by atoms with E-state index < -0.39 is 5.97 Å². The number of aryl methyl sites for hydroxylation is 1. The lowest BCUT2D eigenvalue weighted by atomic mass is 9.78. The summed E-state index contributed by atoms with van der Waals surface area (Å²) in [5.74, 6) is 0.253. The third-order valence-electron chi connectivity index (χ3n) is 5.92. The number of carbonyl (C=O) groups excluding carboxylic acids is 2. The molecule has 4 heteroatoms. The largest absolute Gasteiger partial charge is 0.507 e. The highest BCUT2D eigenvalue weighted by Crippen LogP contribution is 2.41. The Morgan fingerprint density at radius 3 is 1.55 bits per heavy atom. The zero-order valence-corrected chi connectivity index (χ0v) is 22.2. The molecule has 0 saturated carbocycles. The van der Waals surface area contributed by atoms with E-state index >= 15 is 0 Å². The Balaban J connectivity index is 2.71. The first-order valence-corrected chi connectivity index (χ1v) is 11.7. The Morgan fingerprint density at radius 2 is 1.18 bits per heavy atom. The number of phenols is 1. The maximum Gasteiger partial charge on any atom is 0.343 e. The van der Waals surface area contributed by atoms with Crippen LogP contribution in [-0.2, 0) is 22.7 Å². The maximum absolute atomic E-state index is 13.5. The minimum Gasteiger partial charge on any atom is -0.507 e. The van der Waals surface area contributed by atoms with Crippen LogP contribution in [0.25, 0.3) is 0 Å². The summed E-state index contributed by atoms with van der Waals surface area (Å²) < 4.78 is 6.06. The number of esters is 1. The smallest absolute Gasteiger partial charge is 0.343 e. The molecular formula is C29H40O4. The van der Waals surface area contributed by atoms with E-state index in [0.717, 1.165) is 11.1 Å². The van der Waals surface area contributed by atoms with Crippen LogP contribution < -0.4 is 4.74 Å². The van der Waals surface area contributed by atoms with Crippen molar-refractivity contribution in [2.75, 3.05) is 0 Å². The van der Waals surface area contributed by atoms with Crippen LogP contribution in [0.3, 0.4) is 0 Å². The number of rotatable bonds is 4. The first-order valence-electron chi connectivity index (χ1n) is 11.7. The monoisotopic (exact) mass is 452 g/mol. The van der Waals surface area contributed by atoms with E-state index in [1.54, 1.807) is 19.1 Å². The van der Waals surface area contributed by atoms with E-state index in [0.29, 0.717) is 34.4 Å². The number of phenolic OH excluding ortho intramolecular Hbond substituents is 1. The Morgan fingerprint density at radius 1 is 0.758 bits per heavy atom. The summed E-state index contributed by atoms with van der Waals surface area (Å²) in [4.78, 5) is 25.6. The highest BCUT2D eigenvalue weighted by molar-refractivity contribution is 5.96. The lowest BCUT2D eigenvalue weighted by Crippen LogP contribution is -2.21. The van der Waals surface area contributed by atoms with Crippen molar-refractivity contribution in [2.45, 2.75) is 98.8 Å². The van der Waals surface area contributed by atoms with Crippen LogP contribution in [0.4, 0.5) is 0 Å². The van der Waals surface area contributed by atoms with Crippen LogP contribution in [0.15, 0.2) is 24.3 Å². The average molecular weight is 453 g/mol. The molecular weight excluding hydrogens is 412 g/mol. The van der Waals surface area contributed by atoms with Gasteiger partial charge in [-0.15, -0.1) is 0 Å². The van der Waals surface area contributed by atoms with Crippen LogP contribution in [0, 0.1) is 0 Å². The Bertz CT molecular complexity index is 1040. The van der Waals surface area contributed by atoms with Crippen molar-refractivity contribution in [1.82, 2.24) is 0 Å². The van der Waals surface area contributed by atoms with Gasteiger partial charge in [-0.05, 0) is 59.4 Å². The lowest BCUT2D eigenvalue weighted by molar-refractivity contribution is 0.0730. The van der Waals surface area contributed by atoms with Crippen molar-refractivity contribution in [3.63, 3.8) is 0 Å². The average Bonchev–Trinajstić information content (AvgIpc) is 2.65. The van der Waals surface area contributed by atoms with E-state index in [-0.39, 0.29) is 27.8 Å². The SMILES string of the molecule is CCc1cc(C(C)=O)cc(C(C)(C)C)c1OC(=O)c1cc(C(C)(C)C)c(O)c(C(C)(C)C)c1. The molecule has 180 valence electrons. The second-order valence-corrected chi connectivity index (χ2v) is 12.0. The zero-order chi connectivity index (χ0) is 25.5. The maximum atomic E-state index is 13.5. The molecule has 4 nitrogen and oxygen atoms in total. The number of hydrogen-bond donors (Lipinski definition) is 1. The molecule has 0 aliphatic heterocycles. The van der Waals surface area contributed by atoms with Crippen molar-refractivity contribution in [2.24, 2.45) is 0 Å². The molecule has 0 atom stereocenters. The van der Waals surface area contributed by atoms with Gasteiger partial charge in [0, 0.05) is 22.3 Å². The van der Waals surface area contributed by atoms with E-state index in [1.165, 1.54) is 0 Å². The van der Waals surface area contributed by atoms with Crippen LogP contribution in [0.2, 0.25) is 0 Å². The van der Waals surface area contributed by atoms with Gasteiger partial charge >= 0.3 is 5.97 Å². The molecule has 0 amide bonds. The standard InChI is InChI=1S/C29H40O4/c1-12-18-13-19(17(2)30)14-23(29(9,10)11)25(18)33-26(32)20-15-21(27(3,4)5)24(31)22(16-20)28(6,7)8/h13-16,31H,12H2,1-11H3. The molecule has 0 heterocycles. The molecule has 2 aromatic rings. The molecule has 0 fully saturated rings. The molecule has 1 N–H and O–H groups in total. The molecule has 0 aromatic heterocycles. The summed E-state index contributed by atoms with van der Waals surface area (Å²) in [5, 5.41) is 11.0. The van der Waals surface area contributed by atoms with E-state index in [2.05, 4.69) is 0 Å². The van der Waals surface area contributed by atoms with Crippen molar-refractivity contribution in [3.05, 3.63) is 57.6 Å². The molecule has 2 rings (SSSR count). The van der Waals surface area contributed by atoms with Gasteiger partial charge in [-0.25, -0.2) is 4.79 Å². The highest BCUT2D eigenvalue weighted by atomic mass is 16.5. The van der Waals surface area contributed by atoms with Gasteiger partial charge in [0.25, 0.3) is 0 Å². The van der Waals surface area contributed by atoms with E-state index in [1.807, 2.05) is 81.4 Å². The molecule has 0 radical (unpaired) electrons. The first-order chi connectivity index (χ1) is 14.9. The van der Waals surface area contributed by atoms with Gasteiger partial charge in [0.05, 0.1) is 5.56 Å². The van der Waals surface area contributed by atoms with Crippen LogP contribution in [0.1, 0.15) is 119 Å². The van der Waals surface area contributed by atoms with Crippen molar-refractivity contribution < 1.29 is 19.4 Å². The molecule has 0 bridgehead atoms. The summed E-state index contributed by atoms with van der Waals surface area (Å²) in [6.45, 7) is 21.7. The Kier molecular flexibility index (Phi) is 7.23. The summed E-state index contributed by atoms with van der Waals surface area (Å²) in [6, 6.07) is 7.12. The fraction of sp³-hybridized carbons (Fsp3) is 0.517. The van der Waals surface area contributed by atoms with Crippen molar-refractivity contribution in [3.8, 4) is 11.5 Å². The van der Waals surface area contributed by atoms with Gasteiger partial charge in [-0.3, -0.25) is 4.79 Å². The van der Waals surface area contributed by atoms with Gasteiger partial charge in [-0.1, -0.05) is 69.2 Å². The molecule has 0 spiro atoms. The van der Waals surface area contributed by atoms with E-state index in [9.17, 15) is 14.7 Å². The molecule has 0 aliphatic rings. The normalized spacial score (nSPS) is 12.6. The lowest BCUT2D eigenvalue weighted by Gasteiger charge is -2.28. The number of Topliss-reactive ketones (excluding diaryl/α,β-unsaturated/α-hetero) is 1. The molecule has 0 aliphatic carbocycles. The first kappa shape index (κ1) is 26.6. The van der Waals surface area contributed by atoms with Gasteiger partial charge in [0.15, 0.2) is 5.78 Å². The number of benzene rings is 2. The predicted molar refractivity (Wildman–Crippen MR) is 135 cm³/mol. The van der Waals surface area contributed by atoms with Gasteiger partial charge in [0.1, 0.15) is 11.5 Å². The van der Waals surface area contributed by atoms with Gasteiger partial charge in [-0.2, -0.15) is 0 Å². The fourth-order valence-corrected chi connectivity index (χ4v) is 3.88.